The lowest BCUT2D eigenvalue weighted by Gasteiger charge is -2.14. The molecule has 1 N–H and O–H groups in total. The molecule has 1 aromatic carbocycles. The number of carbonyl (C=O) groups excluding carboxylic acids is 1. The van der Waals surface area contributed by atoms with Gasteiger partial charge in [0.25, 0.3) is 0 Å². The van der Waals surface area contributed by atoms with Gasteiger partial charge < -0.3 is 9.84 Å². The Balaban J connectivity index is 2.69. The second-order valence-electron chi connectivity index (χ2n) is 4.79. The van der Waals surface area contributed by atoms with Crippen molar-refractivity contribution in [2.45, 2.75) is 44.9 Å². The smallest absolute Gasteiger partial charge is 0.313 e. The largest absolute Gasteiger partial charge is 0.469 e. The van der Waals surface area contributed by atoms with Crippen LogP contribution in [0.15, 0.2) is 24.3 Å². The van der Waals surface area contributed by atoms with Crippen molar-refractivity contribution in [1.82, 2.24) is 0 Å². The highest BCUT2D eigenvalue weighted by Gasteiger charge is 2.19. The molecule has 1 rings (SSSR count). The van der Waals surface area contributed by atoms with Gasteiger partial charge in [0.05, 0.1) is 13.0 Å². The van der Waals surface area contributed by atoms with Crippen LogP contribution in [0.4, 0.5) is 0 Å². The molecule has 0 radical (unpaired) electrons. The summed E-state index contributed by atoms with van der Waals surface area (Å²) in [4.78, 5) is 11.7. The molecule has 1 atom stereocenters. The van der Waals surface area contributed by atoms with Crippen LogP contribution in [0.25, 0.3) is 0 Å². The molecule has 1 aromatic rings. The van der Waals surface area contributed by atoms with Gasteiger partial charge in [0.2, 0.25) is 0 Å². The fourth-order valence-electron chi connectivity index (χ4n) is 2.21. The second-order valence-corrected chi connectivity index (χ2v) is 4.79. The summed E-state index contributed by atoms with van der Waals surface area (Å²) in [5, 5.41) is 8.76. The van der Waals surface area contributed by atoms with E-state index in [0.29, 0.717) is 0 Å². The van der Waals surface area contributed by atoms with Crippen molar-refractivity contribution >= 4 is 5.97 Å². The molecule has 0 aliphatic heterocycles. The van der Waals surface area contributed by atoms with Gasteiger partial charge >= 0.3 is 5.97 Å². The molecular weight excluding hydrogens is 240 g/mol. The first-order valence-corrected chi connectivity index (χ1v) is 7.00. The van der Waals surface area contributed by atoms with Crippen LogP contribution in [0, 0.1) is 0 Å². The molecule has 0 saturated heterocycles. The summed E-state index contributed by atoms with van der Waals surface area (Å²) in [6.45, 7) is 2.32. The minimum atomic E-state index is -0.158. The summed E-state index contributed by atoms with van der Waals surface area (Å²) < 4.78 is 4.86. The number of unbranched alkanes of at least 4 members (excludes halogenated alkanes) is 1. The zero-order valence-corrected chi connectivity index (χ0v) is 11.9. The van der Waals surface area contributed by atoms with Gasteiger partial charge in [-0.3, -0.25) is 4.79 Å². The number of esters is 1. The van der Waals surface area contributed by atoms with Crippen molar-refractivity contribution in [3.63, 3.8) is 0 Å². The van der Waals surface area contributed by atoms with E-state index in [0.717, 1.165) is 37.7 Å². The van der Waals surface area contributed by atoms with E-state index in [1.54, 1.807) is 0 Å². The Morgan fingerprint density at radius 3 is 2.47 bits per heavy atom. The molecule has 19 heavy (non-hydrogen) atoms. The Kier molecular flexibility index (Phi) is 7.19. The molecule has 0 bridgehead atoms. The van der Waals surface area contributed by atoms with Crippen molar-refractivity contribution in [1.29, 1.82) is 0 Å². The predicted octanol–water partition coefficient (Wildman–Crippen LogP) is 3.06. The molecule has 0 spiro atoms. The molecule has 106 valence electrons. The lowest BCUT2D eigenvalue weighted by molar-refractivity contribution is -0.142. The van der Waals surface area contributed by atoms with E-state index in [2.05, 4.69) is 19.1 Å². The average Bonchev–Trinajstić information content (AvgIpc) is 2.45. The fourth-order valence-corrected chi connectivity index (χ4v) is 2.21. The van der Waals surface area contributed by atoms with Crippen LogP contribution >= 0.6 is 0 Å². The number of aliphatic hydroxyl groups is 1. The first kappa shape index (κ1) is 15.7. The van der Waals surface area contributed by atoms with Crippen LogP contribution in [0.5, 0.6) is 0 Å². The third-order valence-electron chi connectivity index (χ3n) is 3.32. The van der Waals surface area contributed by atoms with E-state index in [9.17, 15) is 4.79 Å². The number of aryl methyl sites for hydroxylation is 1. The first-order valence-electron chi connectivity index (χ1n) is 7.00. The Morgan fingerprint density at radius 2 is 1.95 bits per heavy atom. The minimum absolute atomic E-state index is 0.151. The van der Waals surface area contributed by atoms with Crippen LogP contribution in [0.3, 0.4) is 0 Å². The van der Waals surface area contributed by atoms with Gasteiger partial charge in [0.15, 0.2) is 0 Å². The summed E-state index contributed by atoms with van der Waals surface area (Å²) in [5.41, 5.74) is 2.27. The maximum Gasteiger partial charge on any atom is 0.313 e. The third-order valence-corrected chi connectivity index (χ3v) is 3.32. The van der Waals surface area contributed by atoms with Gasteiger partial charge in [-0.05, 0) is 36.8 Å². The van der Waals surface area contributed by atoms with Gasteiger partial charge in [0, 0.05) is 6.61 Å². The van der Waals surface area contributed by atoms with Crippen molar-refractivity contribution in [2.24, 2.45) is 0 Å². The number of rotatable bonds is 8. The molecular formula is C16H24O3. The normalized spacial score (nSPS) is 12.2. The van der Waals surface area contributed by atoms with Gasteiger partial charge in [-0.15, -0.1) is 0 Å². The summed E-state index contributed by atoms with van der Waals surface area (Å²) in [7, 11) is 1.44. The van der Waals surface area contributed by atoms with Crippen molar-refractivity contribution in [2.75, 3.05) is 13.7 Å². The van der Waals surface area contributed by atoms with Crippen LogP contribution in [0.1, 0.15) is 49.7 Å². The third kappa shape index (κ3) is 5.03. The molecule has 0 aliphatic carbocycles. The number of methoxy groups -OCH3 is 1. The number of carbonyl (C=O) groups is 1. The number of benzene rings is 1. The molecule has 0 amide bonds. The van der Waals surface area contributed by atoms with Gasteiger partial charge in [0.1, 0.15) is 0 Å². The molecule has 3 nitrogen and oxygen atoms in total. The van der Waals surface area contributed by atoms with E-state index in [4.69, 9.17) is 9.84 Å². The van der Waals surface area contributed by atoms with Crippen LogP contribution in [0.2, 0.25) is 0 Å². The van der Waals surface area contributed by atoms with Crippen LogP contribution in [-0.4, -0.2) is 24.8 Å². The molecule has 0 saturated carbocycles. The van der Waals surface area contributed by atoms with E-state index >= 15 is 0 Å². The monoisotopic (exact) mass is 264 g/mol. The van der Waals surface area contributed by atoms with Crippen molar-refractivity contribution in [3.05, 3.63) is 35.4 Å². The van der Waals surface area contributed by atoms with Crippen LogP contribution < -0.4 is 0 Å². The number of ether oxygens (including phenoxy) is 1. The quantitative estimate of drug-likeness (QED) is 0.580. The Hall–Kier alpha value is -1.35. The maximum absolute atomic E-state index is 11.7. The number of hydrogen-bond donors (Lipinski definition) is 1. The molecule has 0 unspecified atom stereocenters. The summed E-state index contributed by atoms with van der Waals surface area (Å²) in [5.74, 6) is -0.309. The highest BCUT2D eigenvalue weighted by atomic mass is 16.5. The summed E-state index contributed by atoms with van der Waals surface area (Å²) in [6.07, 6.45) is 4.57. The lowest BCUT2D eigenvalue weighted by atomic mass is 9.93. The minimum Gasteiger partial charge on any atom is -0.469 e. The second kappa shape index (κ2) is 8.70. The van der Waals surface area contributed by atoms with Gasteiger partial charge in [-0.25, -0.2) is 0 Å². The Morgan fingerprint density at radius 1 is 1.26 bits per heavy atom. The van der Waals surface area contributed by atoms with Crippen LogP contribution in [-0.2, 0) is 16.0 Å². The first-order chi connectivity index (χ1) is 9.22. The van der Waals surface area contributed by atoms with E-state index in [1.165, 1.54) is 12.7 Å². The molecule has 0 aromatic heterocycles. The van der Waals surface area contributed by atoms with E-state index in [1.807, 2.05) is 12.1 Å². The van der Waals surface area contributed by atoms with Gasteiger partial charge in [-0.2, -0.15) is 0 Å². The SMILES string of the molecule is CCC[C@H](C(=O)OC)c1ccc(CCCCO)cc1. The van der Waals surface area contributed by atoms with E-state index < -0.39 is 0 Å². The number of aliphatic hydroxyl groups excluding tert-OH is 1. The van der Waals surface area contributed by atoms with Crippen molar-refractivity contribution < 1.29 is 14.6 Å². The average molecular weight is 264 g/mol. The van der Waals surface area contributed by atoms with Crippen molar-refractivity contribution in [3.8, 4) is 0 Å². The predicted molar refractivity (Wildman–Crippen MR) is 76.1 cm³/mol. The maximum atomic E-state index is 11.7. The molecule has 3 heteroatoms. The fraction of sp³-hybridized carbons (Fsp3) is 0.562. The van der Waals surface area contributed by atoms with Gasteiger partial charge in [-0.1, -0.05) is 37.6 Å². The Labute approximate surface area is 115 Å². The summed E-state index contributed by atoms with van der Waals surface area (Å²) >= 11 is 0. The zero-order chi connectivity index (χ0) is 14.1. The topological polar surface area (TPSA) is 46.5 Å². The Bertz CT molecular complexity index is 370. The summed E-state index contributed by atoms with van der Waals surface area (Å²) in [6, 6.07) is 8.17. The lowest BCUT2D eigenvalue weighted by Crippen LogP contribution is -2.14. The zero-order valence-electron chi connectivity index (χ0n) is 11.9. The molecule has 0 heterocycles. The standard InChI is InChI=1S/C16H24O3/c1-3-6-15(16(18)19-2)14-10-8-13(9-11-14)7-4-5-12-17/h8-11,15,17H,3-7,12H2,1-2H3/t15-/m0/s1. The number of hydrogen-bond acceptors (Lipinski definition) is 3. The van der Waals surface area contributed by atoms with E-state index in [-0.39, 0.29) is 18.5 Å². The molecule has 0 aliphatic rings. The molecule has 0 fully saturated rings. The highest BCUT2D eigenvalue weighted by Crippen LogP contribution is 2.23. The highest BCUT2D eigenvalue weighted by molar-refractivity contribution is 5.78.